The lowest BCUT2D eigenvalue weighted by molar-refractivity contribution is -0.124. The van der Waals surface area contributed by atoms with Gasteiger partial charge in [0.2, 0.25) is 0 Å². The van der Waals surface area contributed by atoms with Gasteiger partial charge in [0.05, 0.1) is 0 Å². The Balaban J connectivity index is 1.57. The third-order valence-corrected chi connectivity index (χ3v) is 5.28. The number of hydrogen-bond acceptors (Lipinski definition) is 2. The van der Waals surface area contributed by atoms with E-state index in [1.807, 2.05) is 47.4 Å². The first-order chi connectivity index (χ1) is 12.7. The summed E-state index contributed by atoms with van der Waals surface area (Å²) in [6.07, 6.45) is 4.10. The molecule has 0 radical (unpaired) electrons. The number of nitrogens with zero attached hydrogens (tertiary/aromatic N) is 1. The van der Waals surface area contributed by atoms with Crippen LogP contribution in [-0.4, -0.2) is 29.7 Å². The van der Waals surface area contributed by atoms with E-state index in [-0.39, 0.29) is 17.6 Å². The SMILES string of the molecule is CCc1ccc(C(=O)N2CCCC(C(=O)CCc3ccccc3)C2)cc1. The fourth-order valence-corrected chi connectivity index (χ4v) is 3.61. The number of Topliss-reactive ketones (excluding diaryl/α,β-unsaturated/α-hetero) is 1. The average Bonchev–Trinajstić information content (AvgIpc) is 2.72. The zero-order valence-electron chi connectivity index (χ0n) is 15.5. The highest BCUT2D eigenvalue weighted by Gasteiger charge is 2.28. The van der Waals surface area contributed by atoms with E-state index in [0.29, 0.717) is 13.0 Å². The maximum atomic E-state index is 12.8. The second-order valence-electron chi connectivity index (χ2n) is 7.09. The van der Waals surface area contributed by atoms with Crippen LogP contribution in [-0.2, 0) is 17.6 Å². The molecule has 1 aliphatic heterocycles. The van der Waals surface area contributed by atoms with Crippen molar-refractivity contribution >= 4 is 11.7 Å². The number of aryl methyl sites for hydroxylation is 2. The molecule has 1 heterocycles. The molecule has 1 unspecified atom stereocenters. The molecule has 0 spiro atoms. The molecular formula is C23H27NO2. The summed E-state index contributed by atoms with van der Waals surface area (Å²) in [4.78, 5) is 27.2. The highest BCUT2D eigenvalue weighted by Crippen LogP contribution is 2.21. The summed E-state index contributed by atoms with van der Waals surface area (Å²) < 4.78 is 0. The Labute approximate surface area is 156 Å². The Morgan fingerprint density at radius 1 is 1.00 bits per heavy atom. The van der Waals surface area contributed by atoms with E-state index in [2.05, 4.69) is 19.1 Å². The van der Waals surface area contributed by atoms with Crippen LogP contribution in [0.4, 0.5) is 0 Å². The maximum absolute atomic E-state index is 12.8. The summed E-state index contributed by atoms with van der Waals surface area (Å²) in [6, 6.07) is 18.0. The fraction of sp³-hybridized carbons (Fsp3) is 0.391. The predicted octanol–water partition coefficient (Wildman–Crippen LogP) is 4.30. The predicted molar refractivity (Wildman–Crippen MR) is 104 cm³/mol. The van der Waals surface area contributed by atoms with Crippen LogP contribution >= 0.6 is 0 Å². The summed E-state index contributed by atoms with van der Waals surface area (Å²) >= 11 is 0. The zero-order chi connectivity index (χ0) is 18.4. The van der Waals surface area contributed by atoms with Gasteiger partial charge in [0.1, 0.15) is 5.78 Å². The van der Waals surface area contributed by atoms with Gasteiger partial charge in [0, 0.05) is 31.0 Å². The van der Waals surface area contributed by atoms with Crippen molar-refractivity contribution in [2.24, 2.45) is 5.92 Å². The summed E-state index contributed by atoms with van der Waals surface area (Å²) in [7, 11) is 0. The first-order valence-electron chi connectivity index (χ1n) is 9.62. The van der Waals surface area contributed by atoms with Crippen molar-refractivity contribution in [2.45, 2.75) is 39.0 Å². The molecule has 3 rings (SSSR count). The van der Waals surface area contributed by atoms with Crippen LogP contribution in [0.3, 0.4) is 0 Å². The van der Waals surface area contributed by atoms with Crippen LogP contribution in [0.2, 0.25) is 0 Å². The minimum atomic E-state index is -0.0219. The quantitative estimate of drug-likeness (QED) is 0.779. The van der Waals surface area contributed by atoms with Crippen molar-refractivity contribution in [3.8, 4) is 0 Å². The van der Waals surface area contributed by atoms with Gasteiger partial charge in [-0.05, 0) is 48.9 Å². The van der Waals surface area contributed by atoms with Crippen molar-refractivity contribution in [1.82, 2.24) is 4.90 Å². The number of hydrogen-bond donors (Lipinski definition) is 0. The largest absolute Gasteiger partial charge is 0.338 e. The molecule has 0 aliphatic carbocycles. The van der Waals surface area contributed by atoms with Gasteiger partial charge in [-0.2, -0.15) is 0 Å². The Kier molecular flexibility index (Phi) is 6.21. The molecule has 1 aliphatic rings. The molecule has 0 bridgehead atoms. The van der Waals surface area contributed by atoms with E-state index < -0.39 is 0 Å². The molecule has 0 N–H and O–H groups in total. The number of amides is 1. The molecule has 1 atom stereocenters. The van der Waals surface area contributed by atoms with Gasteiger partial charge in [-0.1, -0.05) is 49.4 Å². The van der Waals surface area contributed by atoms with E-state index in [9.17, 15) is 9.59 Å². The number of ketones is 1. The second-order valence-corrected chi connectivity index (χ2v) is 7.09. The number of benzene rings is 2. The molecule has 2 aromatic rings. The van der Waals surface area contributed by atoms with Crippen molar-refractivity contribution in [2.75, 3.05) is 13.1 Å². The molecular weight excluding hydrogens is 322 g/mol. The van der Waals surface area contributed by atoms with Gasteiger partial charge in [-0.3, -0.25) is 9.59 Å². The number of carbonyl (C=O) groups excluding carboxylic acids is 2. The summed E-state index contributed by atoms with van der Waals surface area (Å²) in [5.41, 5.74) is 3.15. The van der Waals surface area contributed by atoms with E-state index in [4.69, 9.17) is 0 Å². The molecule has 0 aromatic heterocycles. The molecule has 2 aromatic carbocycles. The van der Waals surface area contributed by atoms with Gasteiger partial charge in [-0.25, -0.2) is 0 Å². The summed E-state index contributed by atoms with van der Waals surface area (Å²) in [5, 5.41) is 0. The van der Waals surface area contributed by atoms with Gasteiger partial charge in [-0.15, -0.1) is 0 Å². The molecule has 3 nitrogen and oxygen atoms in total. The third kappa shape index (κ3) is 4.60. The molecule has 136 valence electrons. The van der Waals surface area contributed by atoms with Gasteiger partial charge < -0.3 is 4.90 Å². The van der Waals surface area contributed by atoms with Gasteiger partial charge >= 0.3 is 0 Å². The van der Waals surface area contributed by atoms with Crippen LogP contribution in [0.5, 0.6) is 0 Å². The second kappa shape index (κ2) is 8.79. The normalized spacial score (nSPS) is 17.1. The molecule has 0 saturated carbocycles. The maximum Gasteiger partial charge on any atom is 0.253 e. The lowest BCUT2D eigenvalue weighted by Crippen LogP contribution is -2.42. The van der Waals surface area contributed by atoms with Crippen molar-refractivity contribution in [1.29, 1.82) is 0 Å². The minimum Gasteiger partial charge on any atom is -0.338 e. The average molecular weight is 349 g/mol. The Morgan fingerprint density at radius 2 is 1.73 bits per heavy atom. The van der Waals surface area contributed by atoms with Gasteiger partial charge in [0.25, 0.3) is 5.91 Å². The van der Waals surface area contributed by atoms with Crippen LogP contribution in [0.15, 0.2) is 54.6 Å². The molecule has 1 amide bonds. The first kappa shape index (κ1) is 18.4. The van der Waals surface area contributed by atoms with Crippen LogP contribution < -0.4 is 0 Å². The van der Waals surface area contributed by atoms with Crippen molar-refractivity contribution in [3.63, 3.8) is 0 Å². The number of carbonyl (C=O) groups is 2. The lowest BCUT2D eigenvalue weighted by atomic mass is 9.90. The standard InChI is InChI=1S/C23H27NO2/c1-2-18-10-13-20(14-11-18)23(26)24-16-6-9-21(17-24)22(25)15-12-19-7-4-3-5-8-19/h3-5,7-8,10-11,13-14,21H,2,6,9,12,15-17H2,1H3. The Hall–Kier alpha value is -2.42. The van der Waals surface area contributed by atoms with Crippen molar-refractivity contribution in [3.05, 3.63) is 71.3 Å². The smallest absolute Gasteiger partial charge is 0.253 e. The highest BCUT2D eigenvalue weighted by molar-refractivity contribution is 5.94. The van der Waals surface area contributed by atoms with Crippen LogP contribution in [0.1, 0.15) is 47.7 Å². The van der Waals surface area contributed by atoms with E-state index in [1.54, 1.807) is 0 Å². The topological polar surface area (TPSA) is 37.4 Å². The number of likely N-dealkylation sites (tertiary alicyclic amines) is 1. The minimum absolute atomic E-state index is 0.0219. The van der Waals surface area contributed by atoms with Gasteiger partial charge in [0.15, 0.2) is 0 Å². The van der Waals surface area contributed by atoms with E-state index >= 15 is 0 Å². The summed E-state index contributed by atoms with van der Waals surface area (Å²) in [6.45, 7) is 3.41. The molecule has 1 fully saturated rings. The first-order valence-corrected chi connectivity index (χ1v) is 9.62. The summed E-state index contributed by atoms with van der Waals surface area (Å²) in [5.74, 6) is 0.312. The van der Waals surface area contributed by atoms with E-state index in [0.717, 1.165) is 37.8 Å². The third-order valence-electron chi connectivity index (χ3n) is 5.28. The van der Waals surface area contributed by atoms with E-state index in [1.165, 1.54) is 11.1 Å². The number of piperidine rings is 1. The fourth-order valence-electron chi connectivity index (χ4n) is 3.61. The zero-order valence-corrected chi connectivity index (χ0v) is 15.5. The van der Waals surface area contributed by atoms with Crippen molar-refractivity contribution < 1.29 is 9.59 Å². The van der Waals surface area contributed by atoms with Crippen LogP contribution in [0.25, 0.3) is 0 Å². The highest BCUT2D eigenvalue weighted by atomic mass is 16.2. The molecule has 26 heavy (non-hydrogen) atoms. The number of rotatable bonds is 6. The van der Waals surface area contributed by atoms with Crippen LogP contribution in [0, 0.1) is 5.92 Å². The Bertz CT molecular complexity index is 737. The lowest BCUT2D eigenvalue weighted by Gasteiger charge is -2.32. The molecule has 3 heteroatoms. The molecule has 1 saturated heterocycles. The Morgan fingerprint density at radius 3 is 2.42 bits per heavy atom. The monoisotopic (exact) mass is 349 g/mol.